The van der Waals surface area contributed by atoms with Gasteiger partial charge >= 0.3 is 0 Å². The van der Waals surface area contributed by atoms with Crippen molar-refractivity contribution < 1.29 is 9.84 Å². The van der Waals surface area contributed by atoms with E-state index in [2.05, 4.69) is 15.2 Å². The molecule has 0 saturated carbocycles. The third kappa shape index (κ3) is 3.21. The van der Waals surface area contributed by atoms with Crippen molar-refractivity contribution in [3.8, 4) is 22.8 Å². The lowest BCUT2D eigenvalue weighted by molar-refractivity contribution is 0.227. The standard InChI is InChI=1S/C17H16N4O2/c1-11(12-5-4-8-19-10-12)23-16-9-14(20-21-17(16)18)13-6-2-3-7-15(13)22/h2-11,22H,1H3,(H2,18,21). The fraction of sp³-hybridized carbons (Fsp3) is 0.118. The number of nitrogens with two attached hydrogens (primary N) is 1. The summed E-state index contributed by atoms with van der Waals surface area (Å²) >= 11 is 0. The van der Waals surface area contributed by atoms with Crippen LogP contribution in [0.25, 0.3) is 11.3 Å². The maximum absolute atomic E-state index is 9.94. The predicted molar refractivity (Wildman–Crippen MR) is 86.8 cm³/mol. The molecule has 6 nitrogen and oxygen atoms in total. The van der Waals surface area contributed by atoms with Crippen molar-refractivity contribution in [2.75, 3.05) is 5.73 Å². The molecule has 116 valence electrons. The van der Waals surface area contributed by atoms with Gasteiger partial charge in [-0.2, -0.15) is 0 Å². The Balaban J connectivity index is 1.91. The summed E-state index contributed by atoms with van der Waals surface area (Å²) in [5.41, 5.74) is 7.84. The smallest absolute Gasteiger partial charge is 0.188 e. The van der Waals surface area contributed by atoms with Crippen LogP contribution in [0.2, 0.25) is 0 Å². The van der Waals surface area contributed by atoms with Gasteiger partial charge in [-0.05, 0) is 25.1 Å². The monoisotopic (exact) mass is 308 g/mol. The largest absolute Gasteiger partial charge is 0.507 e. The minimum absolute atomic E-state index is 0.123. The molecule has 1 unspecified atom stereocenters. The van der Waals surface area contributed by atoms with Crippen molar-refractivity contribution in [2.45, 2.75) is 13.0 Å². The average Bonchev–Trinajstić information content (AvgIpc) is 2.58. The van der Waals surface area contributed by atoms with E-state index in [4.69, 9.17) is 10.5 Å². The van der Waals surface area contributed by atoms with Crippen LogP contribution in [-0.2, 0) is 0 Å². The first-order valence-electron chi connectivity index (χ1n) is 7.13. The number of nitrogens with zero attached hydrogens (tertiary/aromatic N) is 3. The second kappa shape index (κ2) is 6.31. The van der Waals surface area contributed by atoms with E-state index < -0.39 is 0 Å². The summed E-state index contributed by atoms with van der Waals surface area (Å²) < 4.78 is 5.88. The molecule has 0 aliphatic heterocycles. The number of rotatable bonds is 4. The van der Waals surface area contributed by atoms with Crippen molar-refractivity contribution in [3.05, 3.63) is 60.4 Å². The van der Waals surface area contributed by atoms with E-state index in [1.54, 1.807) is 36.7 Å². The minimum Gasteiger partial charge on any atom is -0.507 e. The van der Waals surface area contributed by atoms with E-state index in [9.17, 15) is 5.11 Å². The fourth-order valence-corrected chi connectivity index (χ4v) is 2.18. The molecule has 3 N–H and O–H groups in total. The van der Waals surface area contributed by atoms with E-state index in [-0.39, 0.29) is 17.7 Å². The summed E-state index contributed by atoms with van der Waals surface area (Å²) in [6, 6.07) is 12.3. The van der Waals surface area contributed by atoms with Gasteiger partial charge in [0.1, 0.15) is 17.5 Å². The molecule has 1 atom stereocenters. The number of aromatic hydroxyl groups is 1. The second-order valence-electron chi connectivity index (χ2n) is 5.04. The lowest BCUT2D eigenvalue weighted by Gasteiger charge is -2.16. The summed E-state index contributed by atoms with van der Waals surface area (Å²) in [6.07, 6.45) is 3.20. The molecular weight excluding hydrogens is 292 g/mol. The highest BCUT2D eigenvalue weighted by Crippen LogP contribution is 2.32. The van der Waals surface area contributed by atoms with Gasteiger partial charge in [0, 0.05) is 29.6 Å². The molecule has 3 rings (SSSR count). The molecule has 0 bridgehead atoms. The summed E-state index contributed by atoms with van der Waals surface area (Å²) in [6.45, 7) is 1.90. The van der Waals surface area contributed by atoms with Gasteiger partial charge in [-0.3, -0.25) is 4.98 Å². The van der Waals surface area contributed by atoms with Gasteiger partial charge in [0.25, 0.3) is 0 Å². The van der Waals surface area contributed by atoms with E-state index in [1.807, 2.05) is 25.1 Å². The topological polar surface area (TPSA) is 94.2 Å². The van der Waals surface area contributed by atoms with Crippen LogP contribution in [0.1, 0.15) is 18.6 Å². The number of para-hydroxylation sites is 1. The summed E-state index contributed by atoms with van der Waals surface area (Å²) in [5, 5.41) is 17.9. The number of ether oxygens (including phenoxy) is 1. The van der Waals surface area contributed by atoms with Crippen molar-refractivity contribution in [1.82, 2.24) is 15.2 Å². The Morgan fingerprint density at radius 1 is 1.13 bits per heavy atom. The van der Waals surface area contributed by atoms with Crippen LogP contribution in [-0.4, -0.2) is 20.3 Å². The SMILES string of the molecule is CC(Oc1cc(-c2ccccc2O)nnc1N)c1cccnc1. The molecule has 6 heteroatoms. The maximum Gasteiger partial charge on any atom is 0.188 e. The van der Waals surface area contributed by atoms with Crippen LogP contribution in [0, 0.1) is 0 Å². The zero-order chi connectivity index (χ0) is 16.2. The molecule has 0 aliphatic rings. The molecule has 0 amide bonds. The van der Waals surface area contributed by atoms with Crippen LogP contribution in [0.3, 0.4) is 0 Å². The first kappa shape index (κ1) is 14.8. The van der Waals surface area contributed by atoms with Crippen molar-refractivity contribution in [2.24, 2.45) is 0 Å². The van der Waals surface area contributed by atoms with Gasteiger partial charge in [-0.15, -0.1) is 10.2 Å². The number of hydrogen-bond donors (Lipinski definition) is 2. The Hall–Kier alpha value is -3.15. The van der Waals surface area contributed by atoms with E-state index >= 15 is 0 Å². The Kier molecular flexibility index (Phi) is 4.05. The van der Waals surface area contributed by atoms with Crippen molar-refractivity contribution in [1.29, 1.82) is 0 Å². The van der Waals surface area contributed by atoms with Gasteiger partial charge in [0.05, 0.1) is 0 Å². The van der Waals surface area contributed by atoms with Crippen molar-refractivity contribution >= 4 is 5.82 Å². The van der Waals surface area contributed by atoms with Crippen LogP contribution < -0.4 is 10.5 Å². The normalized spacial score (nSPS) is 11.9. The zero-order valence-corrected chi connectivity index (χ0v) is 12.5. The molecule has 0 spiro atoms. The molecule has 23 heavy (non-hydrogen) atoms. The highest BCUT2D eigenvalue weighted by molar-refractivity contribution is 5.68. The van der Waals surface area contributed by atoms with Crippen LogP contribution in [0.15, 0.2) is 54.9 Å². The predicted octanol–water partition coefficient (Wildman–Crippen LogP) is 2.97. The Morgan fingerprint density at radius 2 is 1.96 bits per heavy atom. The number of benzene rings is 1. The number of hydrogen-bond acceptors (Lipinski definition) is 6. The van der Waals surface area contributed by atoms with Gasteiger partial charge in [0.2, 0.25) is 0 Å². The van der Waals surface area contributed by atoms with Crippen LogP contribution in [0.5, 0.6) is 11.5 Å². The summed E-state index contributed by atoms with van der Waals surface area (Å²) in [4.78, 5) is 4.07. The van der Waals surface area contributed by atoms with Gasteiger partial charge in [0.15, 0.2) is 11.6 Å². The Morgan fingerprint density at radius 3 is 2.70 bits per heavy atom. The van der Waals surface area contributed by atoms with E-state index in [1.165, 1.54) is 0 Å². The molecule has 1 aromatic carbocycles. The molecule has 0 saturated heterocycles. The molecule has 0 aliphatic carbocycles. The second-order valence-corrected chi connectivity index (χ2v) is 5.04. The first-order valence-corrected chi connectivity index (χ1v) is 7.13. The number of nitrogen functional groups attached to an aromatic ring is 1. The van der Waals surface area contributed by atoms with Crippen LogP contribution >= 0.6 is 0 Å². The molecular formula is C17H16N4O2. The highest BCUT2D eigenvalue weighted by atomic mass is 16.5. The molecule has 2 aromatic heterocycles. The van der Waals surface area contributed by atoms with Gasteiger partial charge < -0.3 is 15.6 Å². The lowest BCUT2D eigenvalue weighted by atomic mass is 10.1. The van der Waals surface area contributed by atoms with Crippen LogP contribution in [0.4, 0.5) is 5.82 Å². The molecule has 2 heterocycles. The summed E-state index contributed by atoms with van der Waals surface area (Å²) in [5.74, 6) is 0.729. The minimum atomic E-state index is -0.243. The number of anilines is 1. The molecule has 3 aromatic rings. The lowest BCUT2D eigenvalue weighted by Crippen LogP contribution is -2.07. The third-order valence-electron chi connectivity index (χ3n) is 3.42. The number of phenols is 1. The number of pyridine rings is 1. The maximum atomic E-state index is 9.94. The van der Waals surface area contributed by atoms with E-state index in [0.29, 0.717) is 17.0 Å². The Labute approximate surface area is 133 Å². The Bertz CT molecular complexity index is 809. The third-order valence-corrected chi connectivity index (χ3v) is 3.42. The average molecular weight is 308 g/mol. The van der Waals surface area contributed by atoms with Gasteiger partial charge in [-0.1, -0.05) is 18.2 Å². The van der Waals surface area contributed by atoms with Crippen molar-refractivity contribution in [3.63, 3.8) is 0 Å². The fourth-order valence-electron chi connectivity index (χ4n) is 2.18. The first-order chi connectivity index (χ1) is 11.1. The highest BCUT2D eigenvalue weighted by Gasteiger charge is 2.14. The van der Waals surface area contributed by atoms with Gasteiger partial charge in [-0.25, -0.2) is 0 Å². The summed E-state index contributed by atoms with van der Waals surface area (Å²) in [7, 11) is 0. The number of phenolic OH excluding ortho intramolecular Hbond substituents is 1. The van der Waals surface area contributed by atoms with E-state index in [0.717, 1.165) is 5.56 Å². The molecule has 0 radical (unpaired) electrons. The zero-order valence-electron chi connectivity index (χ0n) is 12.5. The number of aromatic nitrogens is 3. The molecule has 0 fully saturated rings. The quantitative estimate of drug-likeness (QED) is 0.769.